The summed E-state index contributed by atoms with van der Waals surface area (Å²) >= 11 is 0. The van der Waals surface area contributed by atoms with Gasteiger partial charge in [-0.05, 0) is 24.7 Å². The third-order valence-electron chi connectivity index (χ3n) is 4.53. The number of aromatic amines is 1. The maximum absolute atomic E-state index is 12.6. The first-order valence-electron chi connectivity index (χ1n) is 8.63. The summed E-state index contributed by atoms with van der Waals surface area (Å²) in [6, 6.07) is 7.58. The molecule has 1 fully saturated rings. The molecule has 2 heterocycles. The van der Waals surface area contributed by atoms with Crippen LogP contribution in [0.15, 0.2) is 30.5 Å². The number of likely N-dealkylation sites (N-methyl/N-ethyl adjacent to an activating group) is 1. The molecule has 0 radical (unpaired) electrons. The number of aromatic nitrogens is 2. The van der Waals surface area contributed by atoms with Gasteiger partial charge in [0.05, 0.1) is 11.9 Å². The summed E-state index contributed by atoms with van der Waals surface area (Å²) in [6.07, 6.45) is 1.43. The average molecular weight is 356 g/mol. The second-order valence-electron chi connectivity index (χ2n) is 6.47. The van der Waals surface area contributed by atoms with E-state index in [-0.39, 0.29) is 17.5 Å². The van der Waals surface area contributed by atoms with Gasteiger partial charge in [-0.25, -0.2) is 0 Å². The SMILES string of the molecule is CNC(=O)c1[nH]ncc1NC(=O)c1cccc(CN2CCN(C)CC2)c1. The van der Waals surface area contributed by atoms with E-state index < -0.39 is 0 Å². The molecule has 3 N–H and O–H groups in total. The van der Waals surface area contributed by atoms with Crippen molar-refractivity contribution in [1.82, 2.24) is 25.3 Å². The molecule has 3 rings (SSSR count). The highest BCUT2D eigenvalue weighted by Crippen LogP contribution is 2.15. The Kier molecular flexibility index (Phi) is 5.65. The normalized spacial score (nSPS) is 15.6. The second-order valence-corrected chi connectivity index (χ2v) is 6.47. The Bertz CT molecular complexity index is 779. The molecule has 1 saturated heterocycles. The van der Waals surface area contributed by atoms with Crippen molar-refractivity contribution in [3.8, 4) is 0 Å². The standard InChI is InChI=1S/C18H24N6O2/c1-19-18(26)16-15(11-20-22-16)21-17(25)14-5-3-4-13(10-14)12-24-8-6-23(2)7-9-24/h3-5,10-11H,6-9,12H2,1-2H3,(H,19,26)(H,20,22)(H,21,25). The second kappa shape index (κ2) is 8.11. The lowest BCUT2D eigenvalue weighted by atomic mass is 10.1. The zero-order valence-corrected chi connectivity index (χ0v) is 15.1. The van der Waals surface area contributed by atoms with Gasteiger partial charge in [0, 0.05) is 45.3 Å². The molecule has 0 atom stereocenters. The summed E-state index contributed by atoms with van der Waals surface area (Å²) in [5.41, 5.74) is 2.25. The van der Waals surface area contributed by atoms with Crippen LogP contribution in [0.2, 0.25) is 0 Å². The smallest absolute Gasteiger partial charge is 0.271 e. The van der Waals surface area contributed by atoms with Gasteiger partial charge in [-0.3, -0.25) is 19.6 Å². The van der Waals surface area contributed by atoms with E-state index in [9.17, 15) is 9.59 Å². The molecule has 0 aliphatic carbocycles. The number of rotatable bonds is 5. The maximum atomic E-state index is 12.6. The van der Waals surface area contributed by atoms with E-state index in [0.717, 1.165) is 38.3 Å². The van der Waals surface area contributed by atoms with Gasteiger partial charge in [-0.2, -0.15) is 5.10 Å². The fourth-order valence-corrected chi connectivity index (χ4v) is 2.95. The summed E-state index contributed by atoms with van der Waals surface area (Å²) in [7, 11) is 3.65. The monoisotopic (exact) mass is 356 g/mol. The highest BCUT2D eigenvalue weighted by Gasteiger charge is 2.17. The van der Waals surface area contributed by atoms with Gasteiger partial charge in [0.15, 0.2) is 0 Å². The van der Waals surface area contributed by atoms with E-state index in [2.05, 4.69) is 37.7 Å². The third-order valence-corrected chi connectivity index (χ3v) is 4.53. The summed E-state index contributed by atoms with van der Waals surface area (Å²) < 4.78 is 0. The Morgan fingerprint density at radius 1 is 1.19 bits per heavy atom. The van der Waals surface area contributed by atoms with Gasteiger partial charge in [0.1, 0.15) is 5.69 Å². The quantitative estimate of drug-likeness (QED) is 0.736. The molecule has 2 aromatic rings. The Morgan fingerprint density at radius 2 is 1.96 bits per heavy atom. The molecule has 26 heavy (non-hydrogen) atoms. The third kappa shape index (κ3) is 4.27. The number of hydrogen-bond acceptors (Lipinski definition) is 5. The number of hydrogen-bond donors (Lipinski definition) is 3. The van der Waals surface area contributed by atoms with E-state index in [1.807, 2.05) is 18.2 Å². The van der Waals surface area contributed by atoms with Crippen LogP contribution in [0.25, 0.3) is 0 Å². The van der Waals surface area contributed by atoms with Gasteiger partial charge < -0.3 is 15.5 Å². The van der Waals surface area contributed by atoms with Crippen LogP contribution in [0.5, 0.6) is 0 Å². The first-order valence-corrected chi connectivity index (χ1v) is 8.63. The molecule has 0 bridgehead atoms. The zero-order chi connectivity index (χ0) is 18.5. The Hall–Kier alpha value is -2.71. The van der Waals surface area contributed by atoms with Gasteiger partial charge >= 0.3 is 0 Å². The van der Waals surface area contributed by atoms with Crippen LogP contribution in [0.1, 0.15) is 26.4 Å². The molecule has 8 nitrogen and oxygen atoms in total. The Balaban J connectivity index is 1.67. The maximum Gasteiger partial charge on any atom is 0.271 e. The lowest BCUT2D eigenvalue weighted by Crippen LogP contribution is -2.43. The molecule has 138 valence electrons. The fourth-order valence-electron chi connectivity index (χ4n) is 2.95. The van der Waals surface area contributed by atoms with Crippen molar-refractivity contribution in [2.75, 3.05) is 45.6 Å². The molecule has 0 saturated carbocycles. The van der Waals surface area contributed by atoms with Crippen LogP contribution < -0.4 is 10.6 Å². The van der Waals surface area contributed by atoms with Gasteiger partial charge in [-0.1, -0.05) is 12.1 Å². The summed E-state index contributed by atoms with van der Waals surface area (Å²) in [5.74, 6) is -0.599. The Labute approximate surface area is 152 Å². The van der Waals surface area contributed by atoms with Gasteiger partial charge in [-0.15, -0.1) is 0 Å². The van der Waals surface area contributed by atoms with E-state index in [1.165, 1.54) is 13.2 Å². The summed E-state index contributed by atoms with van der Waals surface area (Å²) in [5, 5.41) is 11.7. The topological polar surface area (TPSA) is 93.4 Å². The largest absolute Gasteiger partial charge is 0.354 e. The lowest BCUT2D eigenvalue weighted by molar-refractivity contribution is 0.0959. The number of nitrogens with zero attached hydrogens (tertiary/aromatic N) is 3. The minimum Gasteiger partial charge on any atom is -0.354 e. The van der Waals surface area contributed by atoms with Crippen molar-refractivity contribution in [3.63, 3.8) is 0 Å². The van der Waals surface area contributed by atoms with E-state index in [1.54, 1.807) is 6.07 Å². The molecule has 1 aliphatic rings. The molecule has 2 amide bonds. The van der Waals surface area contributed by atoms with E-state index >= 15 is 0 Å². The van der Waals surface area contributed by atoms with Crippen molar-refractivity contribution >= 4 is 17.5 Å². The van der Waals surface area contributed by atoms with Crippen LogP contribution >= 0.6 is 0 Å². The zero-order valence-electron chi connectivity index (χ0n) is 15.1. The predicted octanol–water partition coefficient (Wildman–Crippen LogP) is 0.769. The highest BCUT2D eigenvalue weighted by molar-refractivity contribution is 6.08. The molecule has 1 aromatic heterocycles. The van der Waals surface area contributed by atoms with Crippen LogP contribution in [-0.4, -0.2) is 72.1 Å². The molecule has 8 heteroatoms. The van der Waals surface area contributed by atoms with Gasteiger partial charge in [0.2, 0.25) is 0 Å². The predicted molar refractivity (Wildman–Crippen MR) is 99.1 cm³/mol. The minimum absolute atomic E-state index is 0.231. The number of H-pyrrole nitrogens is 1. The van der Waals surface area contributed by atoms with E-state index in [4.69, 9.17) is 0 Å². The van der Waals surface area contributed by atoms with Crippen LogP contribution in [0, 0.1) is 0 Å². The number of carbonyl (C=O) groups excluding carboxylic acids is 2. The van der Waals surface area contributed by atoms with Crippen LogP contribution in [-0.2, 0) is 6.54 Å². The lowest BCUT2D eigenvalue weighted by Gasteiger charge is -2.32. The molecule has 0 spiro atoms. The molecule has 1 aliphatic heterocycles. The van der Waals surface area contributed by atoms with Crippen molar-refractivity contribution in [2.24, 2.45) is 0 Å². The van der Waals surface area contributed by atoms with Crippen molar-refractivity contribution in [2.45, 2.75) is 6.54 Å². The van der Waals surface area contributed by atoms with E-state index in [0.29, 0.717) is 11.3 Å². The minimum atomic E-state index is -0.332. The number of carbonyl (C=O) groups is 2. The summed E-state index contributed by atoms with van der Waals surface area (Å²) in [6.45, 7) is 4.99. The summed E-state index contributed by atoms with van der Waals surface area (Å²) in [4.78, 5) is 29.0. The molecule has 0 unspecified atom stereocenters. The van der Waals surface area contributed by atoms with Crippen LogP contribution in [0.3, 0.4) is 0 Å². The first kappa shape index (κ1) is 18.1. The number of amides is 2. The number of anilines is 1. The van der Waals surface area contributed by atoms with Gasteiger partial charge in [0.25, 0.3) is 11.8 Å². The number of benzene rings is 1. The number of piperazine rings is 1. The van der Waals surface area contributed by atoms with Crippen molar-refractivity contribution in [3.05, 3.63) is 47.3 Å². The molecular formula is C18H24N6O2. The number of nitrogens with one attached hydrogen (secondary N) is 3. The first-order chi connectivity index (χ1) is 12.6. The van der Waals surface area contributed by atoms with Crippen molar-refractivity contribution in [1.29, 1.82) is 0 Å². The van der Waals surface area contributed by atoms with Crippen molar-refractivity contribution < 1.29 is 9.59 Å². The van der Waals surface area contributed by atoms with Crippen LogP contribution in [0.4, 0.5) is 5.69 Å². The Morgan fingerprint density at radius 3 is 2.69 bits per heavy atom. The molecule has 1 aromatic carbocycles. The fraction of sp³-hybridized carbons (Fsp3) is 0.389. The molecular weight excluding hydrogens is 332 g/mol. The average Bonchev–Trinajstić information content (AvgIpc) is 3.11. The highest BCUT2D eigenvalue weighted by atomic mass is 16.2.